The van der Waals surface area contributed by atoms with Crippen LogP contribution in [0.3, 0.4) is 0 Å². The fourth-order valence-electron chi connectivity index (χ4n) is 4.98. The maximum absolute atomic E-state index is 14.5. The van der Waals surface area contributed by atoms with E-state index >= 15 is 0 Å². The van der Waals surface area contributed by atoms with Crippen molar-refractivity contribution in [3.05, 3.63) is 119 Å². The number of aliphatic hydroxyl groups is 1. The minimum Gasteiger partial charge on any atom is -0.507 e. The number of Topliss-reactive ketones (excluding diaryl/α,β-unsaturated/α-hetero) is 1. The Hall–Kier alpha value is -4.54. The summed E-state index contributed by atoms with van der Waals surface area (Å²) in [5.41, 5.74) is 2.61. The molecule has 7 nitrogen and oxygen atoms in total. The summed E-state index contributed by atoms with van der Waals surface area (Å²) in [6.45, 7) is 1.92. The van der Waals surface area contributed by atoms with Crippen molar-refractivity contribution < 1.29 is 23.8 Å². The number of hydrogen-bond acceptors (Lipinski definition) is 8. The molecule has 0 saturated carbocycles. The Bertz CT molecular complexity index is 1860. The lowest BCUT2D eigenvalue weighted by atomic mass is 9.95. The van der Waals surface area contributed by atoms with E-state index < -0.39 is 29.3 Å². The number of aromatic nitrogens is 2. The first kappa shape index (κ1) is 27.6. The standard InChI is InChI=1S/C32H24FN3O4S2/c1-18-10-12-20(13-11-18)27-26(28(37)21-14-15-25(40-2)24(33)16-21)29(38)30(39)36(27)31-34-35-32(42-31)41-17-22-8-5-7-19-6-3-4-9-23(19)22/h3-16,27,37H,17H2,1-2H3. The Morgan fingerprint density at radius 2 is 1.79 bits per heavy atom. The van der Waals surface area contributed by atoms with Crippen molar-refractivity contribution in [1.29, 1.82) is 0 Å². The molecule has 1 saturated heterocycles. The summed E-state index contributed by atoms with van der Waals surface area (Å²) in [5.74, 6) is -2.31. The molecule has 0 spiro atoms. The fraction of sp³-hybridized carbons (Fsp3) is 0.125. The van der Waals surface area contributed by atoms with Gasteiger partial charge in [0.25, 0.3) is 5.78 Å². The third-order valence-electron chi connectivity index (χ3n) is 7.10. The molecule has 2 heterocycles. The smallest absolute Gasteiger partial charge is 0.301 e. The number of halogens is 1. The number of carbonyl (C=O) groups is 2. The normalized spacial score (nSPS) is 16.4. The quantitative estimate of drug-likeness (QED) is 0.0706. The Morgan fingerprint density at radius 3 is 2.55 bits per heavy atom. The van der Waals surface area contributed by atoms with Crippen molar-refractivity contribution in [2.45, 2.75) is 23.1 Å². The summed E-state index contributed by atoms with van der Waals surface area (Å²) < 4.78 is 20.1. The Morgan fingerprint density at radius 1 is 1.02 bits per heavy atom. The third kappa shape index (κ3) is 5.03. The number of hydrogen-bond donors (Lipinski definition) is 1. The number of carbonyl (C=O) groups excluding carboxylic acids is 2. The summed E-state index contributed by atoms with van der Waals surface area (Å²) in [6, 6.07) is 24.4. The molecule has 1 N–H and O–H groups in total. The molecular formula is C32H24FN3O4S2. The van der Waals surface area contributed by atoms with Gasteiger partial charge in [-0.05, 0) is 47.0 Å². The second-order valence-corrected chi connectivity index (χ2v) is 11.9. The van der Waals surface area contributed by atoms with E-state index in [1.165, 1.54) is 47.2 Å². The number of anilines is 1. The van der Waals surface area contributed by atoms with Gasteiger partial charge in [0.1, 0.15) is 5.76 Å². The number of rotatable bonds is 7. The molecule has 1 atom stereocenters. The first-order chi connectivity index (χ1) is 20.4. The predicted octanol–water partition coefficient (Wildman–Crippen LogP) is 7.07. The van der Waals surface area contributed by atoms with E-state index in [2.05, 4.69) is 34.5 Å². The molecule has 42 heavy (non-hydrogen) atoms. The molecule has 1 unspecified atom stereocenters. The van der Waals surface area contributed by atoms with Gasteiger partial charge >= 0.3 is 5.91 Å². The van der Waals surface area contributed by atoms with Gasteiger partial charge in [-0.15, -0.1) is 10.2 Å². The van der Waals surface area contributed by atoms with Gasteiger partial charge in [-0.25, -0.2) is 4.39 Å². The number of ether oxygens (including phenoxy) is 1. The van der Waals surface area contributed by atoms with Crippen LogP contribution in [0, 0.1) is 12.7 Å². The lowest BCUT2D eigenvalue weighted by molar-refractivity contribution is -0.132. The summed E-state index contributed by atoms with van der Waals surface area (Å²) >= 11 is 2.68. The van der Waals surface area contributed by atoms with Gasteiger partial charge in [-0.1, -0.05) is 95.4 Å². The highest BCUT2D eigenvalue weighted by atomic mass is 32.2. The van der Waals surface area contributed by atoms with Crippen molar-refractivity contribution in [3.63, 3.8) is 0 Å². The van der Waals surface area contributed by atoms with Gasteiger partial charge in [0, 0.05) is 11.3 Å². The van der Waals surface area contributed by atoms with Crippen molar-refractivity contribution in [2.24, 2.45) is 0 Å². The number of amides is 1. The van der Waals surface area contributed by atoms with E-state index in [0.29, 0.717) is 15.7 Å². The van der Waals surface area contributed by atoms with Crippen LogP contribution in [0.15, 0.2) is 94.8 Å². The van der Waals surface area contributed by atoms with Gasteiger partial charge < -0.3 is 9.84 Å². The van der Waals surface area contributed by atoms with E-state index in [1.54, 1.807) is 12.1 Å². The van der Waals surface area contributed by atoms with Crippen LogP contribution in [0.4, 0.5) is 9.52 Å². The Balaban J connectivity index is 1.37. The van der Waals surface area contributed by atoms with Gasteiger partial charge in [-0.3, -0.25) is 14.5 Å². The fourth-order valence-corrected chi connectivity index (χ4v) is 6.85. The van der Waals surface area contributed by atoms with Gasteiger partial charge in [0.2, 0.25) is 5.13 Å². The van der Waals surface area contributed by atoms with Crippen LogP contribution in [-0.2, 0) is 15.3 Å². The number of fused-ring (bicyclic) bond motifs is 1. The molecular weight excluding hydrogens is 574 g/mol. The molecule has 6 rings (SSSR count). The van der Waals surface area contributed by atoms with Crippen LogP contribution in [0.5, 0.6) is 5.75 Å². The minimum absolute atomic E-state index is 0.00974. The van der Waals surface area contributed by atoms with Crippen molar-refractivity contribution in [1.82, 2.24) is 10.2 Å². The predicted molar refractivity (Wildman–Crippen MR) is 162 cm³/mol. The van der Waals surface area contributed by atoms with Crippen LogP contribution in [0.2, 0.25) is 0 Å². The Labute approximate surface area is 249 Å². The first-order valence-electron chi connectivity index (χ1n) is 13.0. The molecule has 4 aromatic carbocycles. The average molecular weight is 598 g/mol. The summed E-state index contributed by atoms with van der Waals surface area (Å²) in [4.78, 5) is 28.2. The summed E-state index contributed by atoms with van der Waals surface area (Å²) in [6.07, 6.45) is 0. The van der Waals surface area contributed by atoms with Gasteiger partial charge in [0.15, 0.2) is 15.9 Å². The highest BCUT2D eigenvalue weighted by Gasteiger charge is 2.48. The second kappa shape index (κ2) is 11.4. The molecule has 1 aliphatic heterocycles. The molecule has 0 aliphatic carbocycles. The number of aliphatic hydroxyl groups excluding tert-OH is 1. The number of ketones is 1. The third-order valence-corrected chi connectivity index (χ3v) is 9.20. The Kier molecular flexibility index (Phi) is 7.49. The van der Waals surface area contributed by atoms with Crippen LogP contribution >= 0.6 is 23.1 Å². The zero-order valence-corrected chi connectivity index (χ0v) is 24.2. The van der Waals surface area contributed by atoms with E-state index in [1.807, 2.05) is 37.3 Å². The molecule has 1 fully saturated rings. The van der Waals surface area contributed by atoms with Crippen LogP contribution in [0.25, 0.3) is 16.5 Å². The number of benzene rings is 4. The monoisotopic (exact) mass is 597 g/mol. The molecule has 1 aromatic heterocycles. The molecule has 10 heteroatoms. The second-order valence-electron chi connectivity index (χ2n) is 9.71. The van der Waals surface area contributed by atoms with E-state index in [0.717, 1.165) is 28.0 Å². The molecule has 5 aromatic rings. The number of nitrogens with zero attached hydrogens (tertiary/aromatic N) is 3. The zero-order valence-electron chi connectivity index (χ0n) is 22.6. The van der Waals surface area contributed by atoms with Crippen LogP contribution < -0.4 is 9.64 Å². The highest BCUT2D eigenvalue weighted by molar-refractivity contribution is 8.00. The lowest BCUT2D eigenvalue weighted by Gasteiger charge is -2.22. The summed E-state index contributed by atoms with van der Waals surface area (Å²) in [5, 5.41) is 22.4. The average Bonchev–Trinajstić information content (AvgIpc) is 3.57. The van der Waals surface area contributed by atoms with Crippen molar-refractivity contribution in [3.8, 4) is 5.75 Å². The largest absolute Gasteiger partial charge is 0.507 e. The van der Waals surface area contributed by atoms with E-state index in [-0.39, 0.29) is 22.0 Å². The minimum atomic E-state index is -0.986. The van der Waals surface area contributed by atoms with Crippen LogP contribution in [-0.4, -0.2) is 34.1 Å². The van der Waals surface area contributed by atoms with E-state index in [4.69, 9.17) is 4.74 Å². The van der Waals surface area contributed by atoms with Gasteiger partial charge in [-0.2, -0.15) is 0 Å². The van der Waals surface area contributed by atoms with Gasteiger partial charge in [0.05, 0.1) is 18.7 Å². The topological polar surface area (TPSA) is 92.6 Å². The molecule has 1 aliphatic rings. The maximum atomic E-state index is 14.5. The highest BCUT2D eigenvalue weighted by Crippen LogP contribution is 2.44. The maximum Gasteiger partial charge on any atom is 0.301 e. The van der Waals surface area contributed by atoms with Crippen LogP contribution in [0.1, 0.15) is 28.3 Å². The van der Waals surface area contributed by atoms with E-state index in [9.17, 15) is 19.1 Å². The first-order valence-corrected chi connectivity index (χ1v) is 14.8. The molecule has 0 radical (unpaired) electrons. The number of aryl methyl sites for hydroxylation is 1. The van der Waals surface area contributed by atoms with Crippen molar-refractivity contribution >= 4 is 56.5 Å². The zero-order chi connectivity index (χ0) is 29.4. The number of thioether (sulfide) groups is 1. The molecule has 1 amide bonds. The van der Waals surface area contributed by atoms with Crippen molar-refractivity contribution in [2.75, 3.05) is 12.0 Å². The molecule has 0 bridgehead atoms. The summed E-state index contributed by atoms with van der Waals surface area (Å²) in [7, 11) is 1.33. The molecule has 210 valence electrons. The lowest BCUT2D eigenvalue weighted by Crippen LogP contribution is -2.29. The SMILES string of the molecule is COc1ccc(C(O)=C2C(=O)C(=O)N(c3nnc(SCc4cccc5ccccc45)s3)C2c2ccc(C)cc2)cc1F. The number of methoxy groups -OCH3 is 1.